The van der Waals surface area contributed by atoms with Crippen LogP contribution in [0.4, 0.5) is 0 Å². The zero-order valence-corrected chi connectivity index (χ0v) is 15.4. The summed E-state index contributed by atoms with van der Waals surface area (Å²) in [5.41, 5.74) is 0.924. The quantitative estimate of drug-likeness (QED) is 0.539. The number of hydrogen-bond acceptors (Lipinski definition) is 4. The van der Waals surface area contributed by atoms with E-state index < -0.39 is 17.7 Å². The minimum absolute atomic E-state index is 0.0246. The number of benzene rings is 1. The topological polar surface area (TPSA) is 83.5 Å². The molecule has 1 aliphatic heterocycles. The summed E-state index contributed by atoms with van der Waals surface area (Å²) < 4.78 is 0. The van der Waals surface area contributed by atoms with E-state index >= 15 is 0 Å². The Balaban J connectivity index is 1.87. The van der Waals surface area contributed by atoms with Crippen molar-refractivity contribution in [3.05, 3.63) is 35.9 Å². The maximum atomic E-state index is 12.5. The summed E-state index contributed by atoms with van der Waals surface area (Å²) in [5.74, 6) is -1.26. The Morgan fingerprint density at radius 2 is 1.88 bits per heavy atom. The summed E-state index contributed by atoms with van der Waals surface area (Å²) in [4.78, 5) is 49.7. The highest BCUT2D eigenvalue weighted by molar-refractivity contribution is 6.38. The Hall–Kier alpha value is -2.50. The van der Waals surface area contributed by atoms with Gasteiger partial charge >= 0.3 is 0 Å². The van der Waals surface area contributed by atoms with Crippen molar-refractivity contribution in [2.75, 3.05) is 6.54 Å². The molecular formula is C20H26N2O4. The molecule has 0 bridgehead atoms. The summed E-state index contributed by atoms with van der Waals surface area (Å²) in [6.07, 6.45) is 1.53. The van der Waals surface area contributed by atoms with Gasteiger partial charge in [0.2, 0.25) is 11.7 Å². The van der Waals surface area contributed by atoms with E-state index in [1.165, 1.54) is 4.90 Å². The van der Waals surface area contributed by atoms with E-state index in [4.69, 9.17) is 0 Å². The number of nitrogens with one attached hydrogen (secondary N) is 1. The van der Waals surface area contributed by atoms with Crippen molar-refractivity contribution in [2.45, 2.75) is 52.1 Å². The van der Waals surface area contributed by atoms with Crippen LogP contribution >= 0.6 is 0 Å². The van der Waals surface area contributed by atoms with Crippen LogP contribution in [-0.4, -0.2) is 40.9 Å². The van der Waals surface area contributed by atoms with Gasteiger partial charge in [-0.3, -0.25) is 19.2 Å². The number of nitrogens with zero attached hydrogens (tertiary/aromatic N) is 1. The maximum absolute atomic E-state index is 12.5. The molecule has 6 heteroatoms. The van der Waals surface area contributed by atoms with Crippen molar-refractivity contribution in [1.82, 2.24) is 10.2 Å². The fourth-order valence-corrected chi connectivity index (χ4v) is 2.98. The third-order valence-corrected chi connectivity index (χ3v) is 4.58. The van der Waals surface area contributed by atoms with Crippen LogP contribution in [0, 0.1) is 5.92 Å². The van der Waals surface area contributed by atoms with E-state index in [-0.39, 0.29) is 30.6 Å². The third kappa shape index (κ3) is 5.25. The first-order valence-corrected chi connectivity index (χ1v) is 9.08. The minimum atomic E-state index is -0.708. The summed E-state index contributed by atoms with van der Waals surface area (Å²) in [7, 11) is 0. The molecule has 140 valence electrons. The second-order valence-corrected chi connectivity index (χ2v) is 6.91. The van der Waals surface area contributed by atoms with E-state index in [0.29, 0.717) is 25.8 Å². The molecule has 1 heterocycles. The van der Waals surface area contributed by atoms with E-state index in [0.717, 1.165) is 5.56 Å². The highest BCUT2D eigenvalue weighted by atomic mass is 16.2. The predicted molar refractivity (Wildman–Crippen MR) is 97.1 cm³/mol. The number of rotatable bonds is 9. The van der Waals surface area contributed by atoms with E-state index in [2.05, 4.69) is 5.32 Å². The molecule has 1 aromatic rings. The Morgan fingerprint density at radius 1 is 1.19 bits per heavy atom. The van der Waals surface area contributed by atoms with Gasteiger partial charge in [0.25, 0.3) is 5.91 Å². The van der Waals surface area contributed by atoms with Gasteiger partial charge in [-0.2, -0.15) is 0 Å². The highest BCUT2D eigenvalue weighted by Gasteiger charge is 2.38. The van der Waals surface area contributed by atoms with Crippen LogP contribution in [0.1, 0.15) is 45.1 Å². The minimum Gasteiger partial charge on any atom is -0.349 e. The van der Waals surface area contributed by atoms with Crippen molar-refractivity contribution >= 4 is 23.4 Å². The van der Waals surface area contributed by atoms with Crippen LogP contribution in [0.3, 0.4) is 0 Å². The van der Waals surface area contributed by atoms with Crippen molar-refractivity contribution in [1.29, 1.82) is 0 Å². The van der Waals surface area contributed by atoms with Crippen LogP contribution in [0.15, 0.2) is 30.3 Å². The molecule has 6 nitrogen and oxygen atoms in total. The fourth-order valence-electron chi connectivity index (χ4n) is 2.98. The van der Waals surface area contributed by atoms with Gasteiger partial charge in [-0.25, -0.2) is 0 Å². The molecule has 1 saturated heterocycles. The summed E-state index contributed by atoms with van der Waals surface area (Å²) in [6.45, 7) is 4.28. The average molecular weight is 358 g/mol. The molecule has 1 N–H and O–H groups in total. The second kappa shape index (κ2) is 9.27. The molecule has 0 spiro atoms. The molecule has 0 unspecified atom stereocenters. The van der Waals surface area contributed by atoms with E-state index in [1.54, 1.807) is 0 Å². The molecular weight excluding hydrogens is 332 g/mol. The first-order valence-electron chi connectivity index (χ1n) is 9.08. The van der Waals surface area contributed by atoms with Crippen molar-refractivity contribution < 1.29 is 19.2 Å². The van der Waals surface area contributed by atoms with Gasteiger partial charge < -0.3 is 10.2 Å². The van der Waals surface area contributed by atoms with E-state index in [1.807, 2.05) is 44.2 Å². The Kier molecular flexibility index (Phi) is 7.06. The maximum Gasteiger partial charge on any atom is 0.289 e. The van der Waals surface area contributed by atoms with Crippen LogP contribution in [0.25, 0.3) is 0 Å². The predicted octanol–water partition coefficient (Wildman–Crippen LogP) is 1.87. The largest absolute Gasteiger partial charge is 0.349 e. The number of Topliss-reactive ketones (excluding diaryl/α,β-unsaturated/α-hetero) is 2. The summed E-state index contributed by atoms with van der Waals surface area (Å²) in [5, 5.41) is 2.57. The Morgan fingerprint density at radius 3 is 2.54 bits per heavy atom. The van der Waals surface area contributed by atoms with Crippen molar-refractivity contribution in [3.63, 3.8) is 0 Å². The number of amides is 2. The summed E-state index contributed by atoms with van der Waals surface area (Å²) >= 11 is 0. The highest BCUT2D eigenvalue weighted by Crippen LogP contribution is 2.22. The Bertz CT molecular complexity index is 670. The lowest BCUT2D eigenvalue weighted by Gasteiger charge is -2.23. The number of hydrogen-bond donors (Lipinski definition) is 1. The lowest BCUT2D eigenvalue weighted by molar-refractivity contribution is -0.143. The normalized spacial score (nSPS) is 16.8. The zero-order chi connectivity index (χ0) is 19.1. The number of carbonyl (C=O) groups is 4. The lowest BCUT2D eigenvalue weighted by atomic mass is 10.0. The monoisotopic (exact) mass is 358 g/mol. The smallest absolute Gasteiger partial charge is 0.289 e. The van der Waals surface area contributed by atoms with Gasteiger partial charge in [-0.15, -0.1) is 0 Å². The number of carbonyl (C=O) groups excluding carboxylic acids is 4. The zero-order valence-electron chi connectivity index (χ0n) is 15.4. The first-order chi connectivity index (χ1) is 12.4. The molecule has 0 aliphatic carbocycles. The molecule has 1 fully saturated rings. The van der Waals surface area contributed by atoms with Crippen molar-refractivity contribution in [2.24, 2.45) is 5.92 Å². The SMILES string of the molecule is CC(C)C(=O)CCCNC(=O)C(=O)[C@H]1CCC(=O)N1Cc1ccccc1. The average Bonchev–Trinajstić information content (AvgIpc) is 2.99. The lowest BCUT2D eigenvalue weighted by Crippen LogP contribution is -2.45. The van der Waals surface area contributed by atoms with Crippen molar-refractivity contribution in [3.8, 4) is 0 Å². The van der Waals surface area contributed by atoms with E-state index in [9.17, 15) is 19.2 Å². The molecule has 0 aromatic heterocycles. The van der Waals surface area contributed by atoms with Crippen LogP contribution < -0.4 is 5.32 Å². The molecule has 26 heavy (non-hydrogen) atoms. The Labute approximate surface area is 153 Å². The number of likely N-dealkylation sites (tertiary alicyclic amines) is 1. The molecule has 1 atom stereocenters. The van der Waals surface area contributed by atoms with Gasteiger partial charge in [0.1, 0.15) is 11.8 Å². The molecule has 0 saturated carbocycles. The van der Waals surface area contributed by atoms with Gasteiger partial charge in [-0.05, 0) is 18.4 Å². The molecule has 1 aliphatic rings. The van der Waals surface area contributed by atoms with Gasteiger partial charge in [0, 0.05) is 31.8 Å². The van der Waals surface area contributed by atoms with Gasteiger partial charge in [0.05, 0.1) is 0 Å². The first kappa shape index (κ1) is 19.8. The molecule has 2 rings (SSSR count). The van der Waals surface area contributed by atoms with Crippen LogP contribution in [0.2, 0.25) is 0 Å². The van der Waals surface area contributed by atoms with Crippen LogP contribution in [-0.2, 0) is 25.7 Å². The third-order valence-electron chi connectivity index (χ3n) is 4.58. The molecule has 2 amide bonds. The molecule has 1 aromatic carbocycles. The second-order valence-electron chi connectivity index (χ2n) is 6.91. The number of ketones is 2. The molecule has 0 radical (unpaired) electrons. The van der Waals surface area contributed by atoms with Gasteiger partial charge in [0.15, 0.2) is 0 Å². The van der Waals surface area contributed by atoms with Crippen LogP contribution in [0.5, 0.6) is 0 Å². The fraction of sp³-hybridized carbons (Fsp3) is 0.500. The summed E-state index contributed by atoms with van der Waals surface area (Å²) in [6, 6.07) is 8.70. The van der Waals surface area contributed by atoms with Gasteiger partial charge in [-0.1, -0.05) is 44.2 Å². The standard InChI is InChI=1S/C20H26N2O4/c1-14(2)17(23)9-6-12-21-20(26)19(25)16-10-11-18(24)22(16)13-15-7-4-3-5-8-15/h3-5,7-8,14,16H,6,9-13H2,1-2H3,(H,21,26)/t16-/m1/s1.